The minimum atomic E-state index is -0.501. The van der Waals surface area contributed by atoms with Gasteiger partial charge >= 0.3 is 0 Å². The summed E-state index contributed by atoms with van der Waals surface area (Å²) in [5.41, 5.74) is 2.44. The molecule has 3 nitrogen and oxygen atoms in total. The number of rotatable bonds is 1. The van der Waals surface area contributed by atoms with E-state index in [0.29, 0.717) is 11.5 Å². The zero-order chi connectivity index (χ0) is 15.3. The molecule has 2 aromatic rings. The average molecular weight is 316 g/mol. The summed E-state index contributed by atoms with van der Waals surface area (Å²) in [4.78, 5) is 13.8. The zero-order valence-electron chi connectivity index (χ0n) is 12.3. The molecule has 1 aromatic heterocycles. The van der Waals surface area contributed by atoms with E-state index in [9.17, 15) is 9.18 Å². The molecular weight excluding hydrogens is 299 g/mol. The van der Waals surface area contributed by atoms with Gasteiger partial charge in [-0.15, -0.1) is 11.3 Å². The fourth-order valence-corrected chi connectivity index (χ4v) is 4.76. The third kappa shape index (κ3) is 2.11. The molecule has 1 amide bonds. The van der Waals surface area contributed by atoms with Crippen molar-refractivity contribution >= 4 is 22.2 Å². The van der Waals surface area contributed by atoms with Crippen molar-refractivity contribution in [3.05, 3.63) is 51.7 Å². The zero-order valence-corrected chi connectivity index (χ0v) is 13.1. The van der Waals surface area contributed by atoms with Crippen molar-refractivity contribution < 1.29 is 9.18 Å². The number of thiophene rings is 1. The molecule has 0 bridgehead atoms. The SMILES string of the molecule is C[C@@H]1CCc2c(sc3c2C(=O)N[C@H](c2ccccc2F)N3)C1. The minimum absolute atomic E-state index is 0.0888. The summed E-state index contributed by atoms with van der Waals surface area (Å²) in [6.07, 6.45) is 2.62. The molecule has 0 saturated carbocycles. The Morgan fingerprint density at radius 2 is 2.09 bits per heavy atom. The molecule has 1 aliphatic carbocycles. The molecule has 2 aliphatic rings. The smallest absolute Gasteiger partial charge is 0.256 e. The Balaban J connectivity index is 1.73. The van der Waals surface area contributed by atoms with Gasteiger partial charge in [-0.2, -0.15) is 0 Å². The van der Waals surface area contributed by atoms with Crippen molar-refractivity contribution in [2.24, 2.45) is 5.92 Å². The minimum Gasteiger partial charge on any atom is -0.353 e. The first kappa shape index (κ1) is 13.8. The molecular formula is C17H17FN2OS. The van der Waals surface area contributed by atoms with Gasteiger partial charge in [-0.1, -0.05) is 25.1 Å². The van der Waals surface area contributed by atoms with Crippen LogP contribution >= 0.6 is 11.3 Å². The van der Waals surface area contributed by atoms with E-state index in [1.54, 1.807) is 29.5 Å². The van der Waals surface area contributed by atoms with Crippen molar-refractivity contribution in [1.82, 2.24) is 5.32 Å². The van der Waals surface area contributed by atoms with Gasteiger partial charge in [0.15, 0.2) is 0 Å². The van der Waals surface area contributed by atoms with Gasteiger partial charge < -0.3 is 10.6 Å². The van der Waals surface area contributed by atoms with Crippen LogP contribution in [-0.2, 0) is 12.8 Å². The number of fused-ring (bicyclic) bond motifs is 3. The molecule has 114 valence electrons. The van der Waals surface area contributed by atoms with E-state index in [1.165, 1.54) is 16.5 Å². The number of halogens is 1. The van der Waals surface area contributed by atoms with Crippen molar-refractivity contribution in [2.45, 2.75) is 32.4 Å². The number of hydrogen-bond acceptors (Lipinski definition) is 3. The molecule has 5 heteroatoms. The molecule has 0 unspecified atom stereocenters. The maximum absolute atomic E-state index is 14.0. The van der Waals surface area contributed by atoms with Crippen LogP contribution < -0.4 is 10.6 Å². The topological polar surface area (TPSA) is 41.1 Å². The van der Waals surface area contributed by atoms with Crippen LogP contribution in [0, 0.1) is 11.7 Å². The van der Waals surface area contributed by atoms with E-state index in [-0.39, 0.29) is 11.7 Å². The summed E-state index contributed by atoms with van der Waals surface area (Å²) >= 11 is 1.66. The van der Waals surface area contributed by atoms with Gasteiger partial charge in [-0.05, 0) is 36.8 Å². The van der Waals surface area contributed by atoms with Gasteiger partial charge in [0, 0.05) is 10.4 Å². The second-order valence-electron chi connectivity index (χ2n) is 6.13. The van der Waals surface area contributed by atoms with E-state index < -0.39 is 6.17 Å². The van der Waals surface area contributed by atoms with Crippen molar-refractivity contribution in [1.29, 1.82) is 0 Å². The second kappa shape index (κ2) is 5.09. The number of anilines is 1. The van der Waals surface area contributed by atoms with Crippen LogP contribution in [0.1, 0.15) is 45.9 Å². The molecule has 0 spiro atoms. The van der Waals surface area contributed by atoms with Crippen LogP contribution in [0.15, 0.2) is 24.3 Å². The number of amides is 1. The first-order valence-electron chi connectivity index (χ1n) is 7.60. The first-order valence-corrected chi connectivity index (χ1v) is 8.41. The normalized spacial score (nSPS) is 23.3. The van der Waals surface area contributed by atoms with Crippen LogP contribution in [-0.4, -0.2) is 5.91 Å². The Morgan fingerprint density at radius 1 is 1.27 bits per heavy atom. The summed E-state index contributed by atoms with van der Waals surface area (Å²) < 4.78 is 14.0. The van der Waals surface area contributed by atoms with Gasteiger partial charge in [0.1, 0.15) is 17.0 Å². The van der Waals surface area contributed by atoms with Crippen LogP contribution in [0.5, 0.6) is 0 Å². The lowest BCUT2D eigenvalue weighted by Crippen LogP contribution is -2.38. The quantitative estimate of drug-likeness (QED) is 0.838. The highest BCUT2D eigenvalue weighted by atomic mass is 32.1. The van der Waals surface area contributed by atoms with Gasteiger partial charge in [-0.25, -0.2) is 4.39 Å². The maximum Gasteiger partial charge on any atom is 0.256 e. The van der Waals surface area contributed by atoms with Crippen LogP contribution in [0.2, 0.25) is 0 Å². The molecule has 0 saturated heterocycles. The maximum atomic E-state index is 14.0. The Morgan fingerprint density at radius 3 is 2.91 bits per heavy atom. The van der Waals surface area contributed by atoms with Crippen molar-refractivity contribution in [3.8, 4) is 0 Å². The lowest BCUT2D eigenvalue weighted by molar-refractivity contribution is 0.0934. The van der Waals surface area contributed by atoms with E-state index >= 15 is 0 Å². The van der Waals surface area contributed by atoms with E-state index in [2.05, 4.69) is 17.6 Å². The van der Waals surface area contributed by atoms with Gasteiger partial charge in [0.25, 0.3) is 5.91 Å². The van der Waals surface area contributed by atoms with Crippen molar-refractivity contribution in [3.63, 3.8) is 0 Å². The molecule has 2 heterocycles. The predicted octanol–water partition coefficient (Wildman–Crippen LogP) is 3.87. The third-order valence-corrected chi connectivity index (χ3v) is 5.69. The summed E-state index contributed by atoms with van der Waals surface area (Å²) in [5, 5.41) is 7.08. The van der Waals surface area contributed by atoms with Gasteiger partial charge in [0.2, 0.25) is 0 Å². The Labute approximate surface area is 132 Å². The molecule has 2 N–H and O–H groups in total. The third-order valence-electron chi connectivity index (χ3n) is 4.51. The summed E-state index contributed by atoms with van der Waals surface area (Å²) in [6.45, 7) is 2.25. The largest absolute Gasteiger partial charge is 0.353 e. The highest BCUT2D eigenvalue weighted by molar-refractivity contribution is 7.16. The number of carbonyl (C=O) groups excluding carboxylic acids is 1. The molecule has 1 aliphatic heterocycles. The fraction of sp³-hybridized carbons (Fsp3) is 0.353. The summed E-state index contributed by atoms with van der Waals surface area (Å²) in [5.74, 6) is 0.269. The molecule has 0 radical (unpaired) electrons. The monoisotopic (exact) mass is 316 g/mol. The van der Waals surface area contributed by atoms with Gasteiger partial charge in [-0.3, -0.25) is 4.79 Å². The highest BCUT2D eigenvalue weighted by Crippen LogP contribution is 2.42. The first-order chi connectivity index (χ1) is 10.6. The number of benzene rings is 1. The Hall–Kier alpha value is -1.88. The number of nitrogens with one attached hydrogen (secondary N) is 2. The van der Waals surface area contributed by atoms with Crippen LogP contribution in [0.25, 0.3) is 0 Å². The summed E-state index contributed by atoms with van der Waals surface area (Å²) in [6, 6.07) is 6.55. The molecule has 4 rings (SSSR count). The Bertz CT molecular complexity index is 755. The molecule has 1 aromatic carbocycles. The van der Waals surface area contributed by atoms with Crippen LogP contribution in [0.3, 0.4) is 0 Å². The average Bonchev–Trinajstić information content (AvgIpc) is 2.85. The second-order valence-corrected chi connectivity index (χ2v) is 7.23. The Kier molecular flexibility index (Phi) is 3.18. The predicted molar refractivity (Wildman–Crippen MR) is 85.7 cm³/mol. The van der Waals surface area contributed by atoms with E-state index in [4.69, 9.17) is 0 Å². The van der Waals surface area contributed by atoms with E-state index in [0.717, 1.165) is 29.8 Å². The van der Waals surface area contributed by atoms with E-state index in [1.807, 2.05) is 0 Å². The number of carbonyl (C=O) groups is 1. The van der Waals surface area contributed by atoms with Gasteiger partial charge in [0.05, 0.1) is 5.56 Å². The molecule has 2 atom stereocenters. The van der Waals surface area contributed by atoms with Crippen LogP contribution in [0.4, 0.5) is 9.39 Å². The standard InChI is InChI=1S/C17H17FN2OS/c1-9-6-7-11-13(8-9)22-17-14(11)16(21)19-15(20-17)10-4-2-3-5-12(10)18/h2-5,9,15,20H,6-8H2,1H3,(H,19,21)/t9-,15+/m1/s1. The lowest BCUT2D eigenvalue weighted by atomic mass is 9.88. The molecule has 22 heavy (non-hydrogen) atoms. The highest BCUT2D eigenvalue weighted by Gasteiger charge is 2.33. The van der Waals surface area contributed by atoms with Crippen molar-refractivity contribution in [2.75, 3.05) is 5.32 Å². The lowest BCUT2D eigenvalue weighted by Gasteiger charge is -2.27. The number of hydrogen-bond donors (Lipinski definition) is 2. The molecule has 0 fully saturated rings. The summed E-state index contributed by atoms with van der Waals surface area (Å²) in [7, 11) is 0. The fourth-order valence-electron chi connectivity index (χ4n) is 3.33.